The van der Waals surface area contributed by atoms with Gasteiger partial charge in [0.25, 0.3) is 0 Å². The van der Waals surface area contributed by atoms with E-state index in [1.54, 1.807) is 0 Å². The number of hydrogen-bond donors (Lipinski definition) is 0. The zero-order chi connectivity index (χ0) is 43.9. The summed E-state index contributed by atoms with van der Waals surface area (Å²) in [5.41, 5.74) is -1.69. The Morgan fingerprint density at radius 3 is 1.40 bits per heavy atom. The molecule has 340 valence electrons. The van der Waals surface area contributed by atoms with Crippen LogP contribution in [0, 0.1) is 22.7 Å². The van der Waals surface area contributed by atoms with Gasteiger partial charge in [-0.3, -0.25) is 9.59 Å². The Bertz CT molecular complexity index is 1660. The van der Waals surface area contributed by atoms with Gasteiger partial charge in [-0.15, -0.1) is 0 Å². The van der Waals surface area contributed by atoms with Crippen LogP contribution in [0.3, 0.4) is 0 Å². The van der Waals surface area contributed by atoms with Crippen molar-refractivity contribution in [3.05, 3.63) is 24.3 Å². The first-order chi connectivity index (χ1) is 28.7. The third kappa shape index (κ3) is 8.64. The summed E-state index contributed by atoms with van der Waals surface area (Å²) in [5.74, 6) is -7.22. The standard InChI is InChI=1S/C44H64BO16.Na/c1-23-17-19-35-41(7,8)33(52-27(5)46)15-11-13-30-22-32(26(4)51-30)55-40(49)38-44-24(2)18-20-36(57-44)42(9,10)34(53-28(6)47)16-12-14-29-21-31(25(3)50-29)54-39(48)37-43(23,56-35)60-45(58-37,59-38)61-44;/h11-14,23-26,29-38H,15-22H2,1-10H3;/q-1;+1/b13-11-,14-12-;/t23-,24-,25-,26-,29-,30-,31+,32+,33-,34-,35+,36+,37+,38+,43+,44+,45?;/m1./s1. The number of carbonyl (C=O) groups is 4. The minimum Gasteiger partial charge on any atom is -0.504 e. The summed E-state index contributed by atoms with van der Waals surface area (Å²) >= 11 is 0. The van der Waals surface area contributed by atoms with Gasteiger partial charge < -0.3 is 56.5 Å². The number of carbonyl (C=O) groups excluding carboxylic acids is 4. The van der Waals surface area contributed by atoms with Crippen LogP contribution in [0.1, 0.15) is 121 Å². The van der Waals surface area contributed by atoms with Gasteiger partial charge in [-0.1, -0.05) is 65.8 Å². The third-order valence-corrected chi connectivity index (χ3v) is 14.8. The van der Waals surface area contributed by atoms with Crippen LogP contribution in [0.5, 0.6) is 0 Å². The van der Waals surface area contributed by atoms with E-state index in [-0.39, 0.29) is 29.6 Å². The molecule has 8 aliphatic heterocycles. The average molecular weight is 883 g/mol. The molecule has 16 atom stereocenters. The minimum atomic E-state index is -3.50. The summed E-state index contributed by atoms with van der Waals surface area (Å²) in [4.78, 5) is 54.9. The molecule has 0 amide bonds. The van der Waals surface area contributed by atoms with Gasteiger partial charge in [0, 0.05) is 62.2 Å². The molecule has 3 spiro atoms. The number of hydrogen-bond acceptors (Lipinski definition) is 16. The van der Waals surface area contributed by atoms with E-state index >= 15 is 0 Å². The SMILES string of the molecule is CC(=O)O[C@@H]1C/C=C\[C@@H]2C[C@H](OC(=O)[C@@H]3O[B-]45O[C@@H](C(=O)O[C@H]6C[C@@H](/C=C\C[C@@H](OC(C)=O)C(C)(C)[C@@H]7CC[C@@H](C)[C@]3(O7)O4)O[C@@H]6C)[C@@]3(O[C@@H](CC[C@H]3C)C1(C)C)O5)[C@@H](C)O2.[Na+]. The van der Waals surface area contributed by atoms with Crippen molar-refractivity contribution in [2.75, 3.05) is 0 Å². The number of ether oxygens (including phenoxy) is 8. The molecule has 18 heteroatoms. The molecule has 62 heavy (non-hydrogen) atoms. The van der Waals surface area contributed by atoms with Crippen molar-refractivity contribution in [1.29, 1.82) is 0 Å². The first-order valence-corrected chi connectivity index (χ1v) is 22.3. The van der Waals surface area contributed by atoms with E-state index in [0.29, 0.717) is 51.4 Å². The van der Waals surface area contributed by atoms with Crippen molar-refractivity contribution in [1.82, 2.24) is 0 Å². The van der Waals surface area contributed by atoms with E-state index in [0.717, 1.165) is 0 Å². The van der Waals surface area contributed by atoms with Crippen LogP contribution in [0.4, 0.5) is 0 Å². The second kappa shape index (κ2) is 17.7. The summed E-state index contributed by atoms with van der Waals surface area (Å²) < 4.78 is 78.6. The van der Waals surface area contributed by atoms with Crippen molar-refractivity contribution < 1.29 is 105 Å². The average Bonchev–Trinajstić information content (AvgIpc) is 3.90. The van der Waals surface area contributed by atoms with Gasteiger partial charge in [0.2, 0.25) is 0 Å². The van der Waals surface area contributed by atoms with Crippen LogP contribution in [-0.2, 0) is 75.7 Å². The molecule has 16 nitrogen and oxygen atoms in total. The van der Waals surface area contributed by atoms with Gasteiger partial charge in [-0.2, -0.15) is 0 Å². The van der Waals surface area contributed by atoms with E-state index in [1.165, 1.54) is 13.8 Å². The number of rotatable bonds is 2. The van der Waals surface area contributed by atoms with Crippen molar-refractivity contribution in [2.45, 2.75) is 205 Å². The zero-order valence-electron chi connectivity index (χ0n) is 38.2. The molecular formula is C44H64BNaO16. The summed E-state index contributed by atoms with van der Waals surface area (Å²) in [6.07, 6.45) is 2.18. The van der Waals surface area contributed by atoms with Gasteiger partial charge in [-0.25, -0.2) is 9.59 Å². The molecule has 0 aromatic carbocycles. The first kappa shape index (κ1) is 48.0. The van der Waals surface area contributed by atoms with Crippen LogP contribution < -0.4 is 29.6 Å². The maximum absolute atomic E-state index is 14.8. The third-order valence-electron chi connectivity index (χ3n) is 14.8. The summed E-state index contributed by atoms with van der Waals surface area (Å²) in [6, 6.07) is 0. The topological polar surface area (TPSA) is 179 Å². The Kier molecular flexibility index (Phi) is 13.7. The van der Waals surface area contributed by atoms with E-state index < -0.39 is 138 Å². The predicted octanol–water partition coefficient (Wildman–Crippen LogP) is 2.29. The molecule has 0 aliphatic carbocycles. The van der Waals surface area contributed by atoms with Crippen LogP contribution in [0.25, 0.3) is 0 Å². The maximum Gasteiger partial charge on any atom is 1.00 e. The monoisotopic (exact) mass is 882 g/mol. The maximum atomic E-state index is 14.8. The number of fused-ring (bicyclic) bond motifs is 8. The van der Waals surface area contributed by atoms with Gasteiger partial charge in [0.1, 0.15) is 24.4 Å². The fraction of sp³-hybridized carbons (Fsp3) is 0.818. The molecule has 0 aromatic rings. The molecular weight excluding hydrogens is 818 g/mol. The Labute approximate surface area is 386 Å². The zero-order valence-corrected chi connectivity index (χ0v) is 40.2. The van der Waals surface area contributed by atoms with Crippen LogP contribution >= 0.6 is 0 Å². The molecule has 8 heterocycles. The minimum absolute atomic E-state index is 0. The van der Waals surface area contributed by atoms with Crippen molar-refractivity contribution in [3.63, 3.8) is 0 Å². The van der Waals surface area contributed by atoms with Gasteiger partial charge in [-0.05, 0) is 39.5 Å². The fourth-order valence-electron chi connectivity index (χ4n) is 10.8. The first-order valence-electron chi connectivity index (χ1n) is 22.3. The van der Waals surface area contributed by atoms with E-state index in [4.69, 9.17) is 56.5 Å². The molecule has 0 saturated carbocycles. The normalized spacial score (nSPS) is 48.2. The second-order valence-corrected chi connectivity index (χ2v) is 19.8. The molecule has 0 aromatic heterocycles. The van der Waals surface area contributed by atoms with Gasteiger partial charge in [0.15, 0.2) is 23.8 Å². The van der Waals surface area contributed by atoms with Crippen LogP contribution in [0.2, 0.25) is 0 Å². The molecule has 8 rings (SSSR count). The smallest absolute Gasteiger partial charge is 0.504 e. The Morgan fingerprint density at radius 1 is 0.645 bits per heavy atom. The summed E-state index contributed by atoms with van der Waals surface area (Å²) in [5, 5.41) is 0. The Morgan fingerprint density at radius 2 is 1.03 bits per heavy atom. The van der Waals surface area contributed by atoms with Crippen LogP contribution in [-0.4, -0.2) is 116 Å². The number of esters is 4. The predicted molar refractivity (Wildman–Crippen MR) is 214 cm³/mol. The van der Waals surface area contributed by atoms with Crippen molar-refractivity contribution >= 4 is 30.8 Å². The van der Waals surface area contributed by atoms with E-state index in [2.05, 4.69) is 0 Å². The molecule has 11 bridgehead atoms. The molecule has 6 saturated heterocycles. The Hall–Kier alpha value is -1.90. The van der Waals surface area contributed by atoms with Gasteiger partial charge >= 0.3 is 60.4 Å². The summed E-state index contributed by atoms with van der Waals surface area (Å²) in [6.45, 7) is 14.5. The molecule has 6 fully saturated rings. The molecule has 0 unspecified atom stereocenters. The molecule has 0 radical (unpaired) electrons. The quantitative estimate of drug-likeness (QED) is 0.171. The molecule has 0 N–H and O–H groups in total. The fourth-order valence-corrected chi connectivity index (χ4v) is 10.8. The Balaban J connectivity index is 0.00000578. The molecule has 8 aliphatic rings. The van der Waals surface area contributed by atoms with Crippen molar-refractivity contribution in [2.24, 2.45) is 22.7 Å². The van der Waals surface area contributed by atoms with E-state index in [1.807, 2.05) is 79.7 Å². The second-order valence-electron chi connectivity index (χ2n) is 19.8. The van der Waals surface area contributed by atoms with Crippen molar-refractivity contribution in [3.8, 4) is 0 Å². The van der Waals surface area contributed by atoms with Crippen LogP contribution in [0.15, 0.2) is 24.3 Å². The largest absolute Gasteiger partial charge is 1.00 e. The summed E-state index contributed by atoms with van der Waals surface area (Å²) in [7, 11) is 0. The van der Waals surface area contributed by atoms with E-state index in [9.17, 15) is 19.2 Å². The van der Waals surface area contributed by atoms with Gasteiger partial charge in [0.05, 0.1) is 36.6 Å².